The monoisotopic (exact) mass is 363 g/mol. The van der Waals surface area contributed by atoms with Crippen LogP contribution in [0.1, 0.15) is 28.7 Å². The highest BCUT2D eigenvalue weighted by Gasteiger charge is 2.16. The summed E-state index contributed by atoms with van der Waals surface area (Å²) >= 11 is 1.13. The van der Waals surface area contributed by atoms with Crippen LogP contribution in [0.25, 0.3) is 22.4 Å². The third kappa shape index (κ3) is 3.21. The normalized spacial score (nSPS) is 11.0. The molecule has 0 aliphatic rings. The minimum atomic E-state index is -0.167. The molecule has 4 rings (SSSR count). The number of benzene rings is 2. The van der Waals surface area contributed by atoms with Gasteiger partial charge in [-0.2, -0.15) is 0 Å². The van der Waals surface area contributed by atoms with Gasteiger partial charge >= 0.3 is 0 Å². The molecule has 1 amide bonds. The number of rotatable bonds is 5. The summed E-state index contributed by atoms with van der Waals surface area (Å²) in [7, 11) is 0. The van der Waals surface area contributed by atoms with Crippen LogP contribution >= 0.6 is 11.5 Å². The van der Waals surface area contributed by atoms with Gasteiger partial charge in [0.15, 0.2) is 0 Å². The van der Waals surface area contributed by atoms with Gasteiger partial charge in [-0.1, -0.05) is 30.0 Å². The van der Waals surface area contributed by atoms with Crippen molar-refractivity contribution in [2.75, 3.05) is 5.32 Å². The molecule has 0 bridgehead atoms. The number of carbonyl (C=O) groups is 1. The Balaban J connectivity index is 1.52. The van der Waals surface area contributed by atoms with Gasteiger partial charge < -0.3 is 10.3 Å². The number of para-hydroxylation sites is 2. The number of nitrogens with zero attached hydrogens (tertiary/aromatic N) is 3. The van der Waals surface area contributed by atoms with Crippen LogP contribution in [0.4, 0.5) is 5.69 Å². The van der Waals surface area contributed by atoms with Gasteiger partial charge in [-0.15, -0.1) is 5.10 Å². The minimum absolute atomic E-state index is 0.167. The van der Waals surface area contributed by atoms with Crippen LogP contribution in [-0.2, 0) is 6.42 Å². The molecule has 2 aromatic heterocycles. The number of amides is 1. The summed E-state index contributed by atoms with van der Waals surface area (Å²) in [4.78, 5) is 20.9. The maximum atomic E-state index is 12.4. The molecule has 0 atom stereocenters. The molecule has 2 heterocycles. The van der Waals surface area contributed by atoms with E-state index in [1.54, 1.807) is 0 Å². The predicted octanol–water partition coefficient (Wildman–Crippen LogP) is 4.29. The van der Waals surface area contributed by atoms with Crippen molar-refractivity contribution < 1.29 is 4.79 Å². The van der Waals surface area contributed by atoms with Crippen LogP contribution in [0.5, 0.6) is 0 Å². The Morgan fingerprint density at radius 1 is 1.15 bits per heavy atom. The first kappa shape index (κ1) is 16.4. The number of H-pyrrole nitrogens is 1. The van der Waals surface area contributed by atoms with E-state index in [1.165, 1.54) is 0 Å². The molecule has 0 unspecified atom stereocenters. The number of nitrogens with one attached hydrogen (secondary N) is 2. The fourth-order valence-electron chi connectivity index (χ4n) is 2.77. The lowest BCUT2D eigenvalue weighted by atomic mass is 10.2. The van der Waals surface area contributed by atoms with Gasteiger partial charge in [0.1, 0.15) is 10.7 Å². The van der Waals surface area contributed by atoms with Gasteiger partial charge in [0.05, 0.1) is 16.7 Å². The van der Waals surface area contributed by atoms with Crippen molar-refractivity contribution in [1.29, 1.82) is 0 Å². The van der Waals surface area contributed by atoms with Crippen molar-refractivity contribution in [1.82, 2.24) is 19.6 Å². The second kappa shape index (κ2) is 7.05. The van der Waals surface area contributed by atoms with Gasteiger partial charge in [-0.25, -0.2) is 4.98 Å². The smallest absolute Gasteiger partial charge is 0.269 e. The standard InChI is InChI=1S/C19H17N5OS/c1-2-5-16-17(26-24-23-16)19(25)20-13-10-8-12(9-11-13)18-21-14-6-3-4-7-15(14)22-18/h3-4,6-11H,2,5H2,1H3,(H,20,25)(H,21,22). The van der Waals surface area contributed by atoms with Crippen molar-refractivity contribution in [3.63, 3.8) is 0 Å². The highest BCUT2D eigenvalue weighted by Crippen LogP contribution is 2.23. The van der Waals surface area contributed by atoms with E-state index in [0.717, 1.165) is 58.2 Å². The second-order valence-electron chi connectivity index (χ2n) is 5.93. The van der Waals surface area contributed by atoms with E-state index >= 15 is 0 Å². The van der Waals surface area contributed by atoms with Crippen LogP contribution in [0, 0.1) is 0 Å². The van der Waals surface area contributed by atoms with Crippen LogP contribution in [0.15, 0.2) is 48.5 Å². The molecule has 7 heteroatoms. The van der Waals surface area contributed by atoms with Gasteiger partial charge in [0.25, 0.3) is 5.91 Å². The van der Waals surface area contributed by atoms with Gasteiger partial charge in [-0.3, -0.25) is 4.79 Å². The van der Waals surface area contributed by atoms with Gasteiger partial charge in [-0.05, 0) is 54.4 Å². The number of hydrogen-bond donors (Lipinski definition) is 2. The molecule has 0 fully saturated rings. The lowest BCUT2D eigenvalue weighted by Crippen LogP contribution is -2.12. The summed E-state index contributed by atoms with van der Waals surface area (Å²) in [5.74, 6) is 0.640. The van der Waals surface area contributed by atoms with Crippen LogP contribution in [0.2, 0.25) is 0 Å². The Morgan fingerprint density at radius 2 is 1.96 bits per heavy atom. The average molecular weight is 363 g/mol. The molecular weight excluding hydrogens is 346 g/mol. The highest BCUT2D eigenvalue weighted by atomic mass is 32.1. The topological polar surface area (TPSA) is 83.6 Å². The summed E-state index contributed by atoms with van der Waals surface area (Å²) in [5, 5.41) is 6.95. The Morgan fingerprint density at radius 3 is 2.73 bits per heavy atom. The number of aromatic nitrogens is 4. The molecular formula is C19H17N5OS. The Hall–Kier alpha value is -3.06. The number of anilines is 1. The zero-order valence-electron chi connectivity index (χ0n) is 14.2. The van der Waals surface area contributed by atoms with Crippen molar-refractivity contribution in [2.24, 2.45) is 0 Å². The number of aromatic amines is 1. The average Bonchev–Trinajstić information content (AvgIpc) is 3.29. The molecule has 0 aliphatic carbocycles. The minimum Gasteiger partial charge on any atom is -0.338 e. The van der Waals surface area contributed by atoms with E-state index < -0.39 is 0 Å². The van der Waals surface area contributed by atoms with E-state index in [4.69, 9.17) is 0 Å². The molecule has 4 aromatic rings. The molecule has 0 saturated carbocycles. The number of hydrogen-bond acceptors (Lipinski definition) is 5. The molecule has 0 saturated heterocycles. The molecule has 130 valence electrons. The summed E-state index contributed by atoms with van der Waals surface area (Å²) in [6, 6.07) is 15.5. The van der Waals surface area contributed by atoms with Crippen LogP contribution < -0.4 is 5.32 Å². The maximum Gasteiger partial charge on any atom is 0.269 e. The fourth-order valence-corrected chi connectivity index (χ4v) is 3.37. The largest absolute Gasteiger partial charge is 0.338 e. The van der Waals surface area contributed by atoms with Crippen LogP contribution in [-0.4, -0.2) is 25.5 Å². The zero-order valence-corrected chi connectivity index (χ0v) is 15.0. The quantitative estimate of drug-likeness (QED) is 0.554. The van der Waals surface area contributed by atoms with E-state index in [1.807, 2.05) is 48.5 Å². The van der Waals surface area contributed by atoms with Crippen LogP contribution in [0.3, 0.4) is 0 Å². The SMILES string of the molecule is CCCc1nnsc1C(=O)Nc1ccc(-c2nc3ccccc3[nH]2)cc1. The molecule has 0 spiro atoms. The summed E-state index contributed by atoms with van der Waals surface area (Å²) in [5.41, 5.74) is 4.38. The second-order valence-corrected chi connectivity index (χ2v) is 6.69. The first-order valence-corrected chi connectivity index (χ1v) is 9.19. The predicted molar refractivity (Wildman–Crippen MR) is 103 cm³/mol. The van der Waals surface area contributed by atoms with Gasteiger partial charge in [0.2, 0.25) is 0 Å². The van der Waals surface area contributed by atoms with Crippen molar-refractivity contribution >= 4 is 34.2 Å². The summed E-state index contributed by atoms with van der Waals surface area (Å²) in [6.07, 6.45) is 1.68. The number of aryl methyl sites for hydroxylation is 1. The van der Waals surface area contributed by atoms with E-state index in [9.17, 15) is 4.79 Å². The maximum absolute atomic E-state index is 12.4. The van der Waals surface area contributed by atoms with Crippen molar-refractivity contribution in [3.8, 4) is 11.4 Å². The molecule has 2 aromatic carbocycles. The third-order valence-electron chi connectivity index (χ3n) is 4.05. The Kier molecular flexibility index (Phi) is 4.45. The molecule has 0 radical (unpaired) electrons. The van der Waals surface area contributed by atoms with Crippen molar-refractivity contribution in [3.05, 3.63) is 59.1 Å². The number of fused-ring (bicyclic) bond motifs is 1. The lowest BCUT2D eigenvalue weighted by molar-refractivity contribution is 0.102. The zero-order chi connectivity index (χ0) is 17.9. The molecule has 0 aliphatic heterocycles. The summed E-state index contributed by atoms with van der Waals surface area (Å²) in [6.45, 7) is 2.05. The van der Waals surface area contributed by atoms with Gasteiger partial charge in [0, 0.05) is 11.3 Å². The first-order chi connectivity index (χ1) is 12.7. The first-order valence-electron chi connectivity index (χ1n) is 8.42. The highest BCUT2D eigenvalue weighted by molar-refractivity contribution is 7.08. The third-order valence-corrected chi connectivity index (χ3v) is 4.82. The lowest BCUT2D eigenvalue weighted by Gasteiger charge is -2.05. The van der Waals surface area contributed by atoms with E-state index in [-0.39, 0.29) is 5.91 Å². The fraction of sp³-hybridized carbons (Fsp3) is 0.158. The Labute approximate surface area is 154 Å². The van der Waals surface area contributed by atoms with Crippen molar-refractivity contribution in [2.45, 2.75) is 19.8 Å². The molecule has 6 nitrogen and oxygen atoms in total. The number of imidazole rings is 1. The van der Waals surface area contributed by atoms with E-state index in [0.29, 0.717) is 4.88 Å². The number of carbonyl (C=O) groups excluding carboxylic acids is 1. The molecule has 2 N–H and O–H groups in total. The Bertz CT molecular complexity index is 1020. The summed E-state index contributed by atoms with van der Waals surface area (Å²) < 4.78 is 3.90. The van der Waals surface area contributed by atoms with E-state index in [2.05, 4.69) is 31.8 Å². The molecule has 26 heavy (non-hydrogen) atoms.